The molecule has 1 rings (SSSR count). The fourth-order valence-corrected chi connectivity index (χ4v) is 2.61. The van der Waals surface area contributed by atoms with Crippen molar-refractivity contribution in [2.45, 2.75) is 75.4 Å². The van der Waals surface area contributed by atoms with Crippen molar-refractivity contribution in [3.8, 4) is 0 Å². The van der Waals surface area contributed by atoms with Crippen LogP contribution in [0.1, 0.15) is 39.0 Å². The summed E-state index contributed by atoms with van der Waals surface area (Å²) in [6.45, 7) is 0.125. The van der Waals surface area contributed by atoms with E-state index in [0.29, 0.717) is 0 Å². The third kappa shape index (κ3) is 6.56. The van der Waals surface area contributed by atoms with Gasteiger partial charge in [0.15, 0.2) is 0 Å². The summed E-state index contributed by atoms with van der Waals surface area (Å²) in [5.41, 5.74) is 0. The van der Waals surface area contributed by atoms with Crippen LogP contribution in [0.2, 0.25) is 0 Å². The van der Waals surface area contributed by atoms with Gasteiger partial charge in [-0.25, -0.2) is 4.79 Å². The Hall–Kier alpha value is -1.38. The molecule has 15 heteroatoms. The van der Waals surface area contributed by atoms with E-state index < -0.39 is 48.9 Å². The second-order valence-electron chi connectivity index (χ2n) is 7.03. The molecule has 2 atom stereocenters. The number of carbonyl (C=O) groups is 1. The predicted octanol–water partition coefficient (Wildman–Crippen LogP) is 5.55. The highest BCUT2D eigenvalue weighted by Crippen LogP contribution is 2.51. The van der Waals surface area contributed by atoms with E-state index in [-0.39, 0.29) is 12.5 Å². The highest BCUT2D eigenvalue weighted by Gasteiger charge is 2.80. The summed E-state index contributed by atoms with van der Waals surface area (Å²) in [4.78, 5) is 11.4. The van der Waals surface area contributed by atoms with E-state index in [1.807, 2.05) is 0 Å². The number of alkyl halides is 11. The molecule has 0 N–H and O–H groups in total. The Morgan fingerprint density at radius 1 is 0.871 bits per heavy atom. The molecular weight excluding hydrogens is 465 g/mol. The van der Waals surface area contributed by atoms with Crippen molar-refractivity contribution in [2.75, 3.05) is 13.2 Å². The number of carbonyl (C=O) groups excluding carboxylic acids is 1. The molecule has 0 amide bonds. The maximum Gasteiger partial charge on any atom is 0.462 e. The topological polar surface area (TPSA) is 44.8 Å². The van der Waals surface area contributed by atoms with Crippen LogP contribution in [0.3, 0.4) is 0 Å². The Balaban J connectivity index is 2.84. The smallest absolute Gasteiger partial charge is 0.458 e. The number of halogens is 11. The van der Waals surface area contributed by atoms with E-state index >= 15 is 0 Å². The first-order valence-corrected chi connectivity index (χ1v) is 8.92. The molecule has 0 heterocycles. The molecule has 0 saturated heterocycles. The van der Waals surface area contributed by atoms with Crippen LogP contribution in [-0.2, 0) is 19.0 Å². The zero-order valence-electron chi connectivity index (χ0n) is 15.9. The maximum atomic E-state index is 14.0. The fourth-order valence-electron chi connectivity index (χ4n) is 2.61. The van der Waals surface area contributed by atoms with Crippen molar-refractivity contribution < 1.29 is 67.3 Å². The summed E-state index contributed by atoms with van der Waals surface area (Å²) in [5, 5.41) is 0. The molecule has 0 aliphatic heterocycles. The molecule has 2 unspecified atom stereocenters. The van der Waals surface area contributed by atoms with Crippen LogP contribution >= 0.6 is 0 Å². The Labute approximate surface area is 169 Å². The first kappa shape index (κ1) is 27.7. The van der Waals surface area contributed by atoms with Gasteiger partial charge in [0.1, 0.15) is 6.61 Å². The average Bonchev–Trinajstić information content (AvgIpc) is 2.62. The molecule has 0 spiro atoms. The molecule has 184 valence electrons. The van der Waals surface area contributed by atoms with Gasteiger partial charge in [-0.3, -0.25) is 4.74 Å². The van der Waals surface area contributed by atoms with Gasteiger partial charge in [-0.2, -0.15) is 48.3 Å². The van der Waals surface area contributed by atoms with Crippen LogP contribution in [0.25, 0.3) is 0 Å². The van der Waals surface area contributed by atoms with Gasteiger partial charge in [0.25, 0.3) is 0 Å². The predicted molar refractivity (Wildman–Crippen MR) is 79.9 cm³/mol. The van der Waals surface area contributed by atoms with Gasteiger partial charge in [0.2, 0.25) is 0 Å². The quantitative estimate of drug-likeness (QED) is 0.318. The van der Waals surface area contributed by atoms with E-state index in [0.717, 1.165) is 39.0 Å². The lowest BCUT2D eigenvalue weighted by Crippen LogP contribution is -2.62. The van der Waals surface area contributed by atoms with Crippen LogP contribution < -0.4 is 0 Å². The van der Waals surface area contributed by atoms with Crippen molar-refractivity contribution in [3.05, 3.63) is 0 Å². The molecule has 0 aromatic carbocycles. The Morgan fingerprint density at radius 2 is 1.39 bits per heavy atom. The number of hydrogen-bond donors (Lipinski definition) is 0. The van der Waals surface area contributed by atoms with E-state index in [1.54, 1.807) is 0 Å². The Morgan fingerprint density at radius 3 is 1.84 bits per heavy atom. The lowest BCUT2D eigenvalue weighted by atomic mass is 9.90. The van der Waals surface area contributed by atoms with Crippen LogP contribution in [-0.4, -0.2) is 55.5 Å². The molecule has 0 aromatic rings. The number of rotatable bonds is 9. The average molecular weight is 484 g/mol. The zero-order valence-corrected chi connectivity index (χ0v) is 15.9. The molecular formula is C16H19F11O4. The number of ether oxygens (including phenoxy) is 3. The molecule has 1 saturated carbocycles. The van der Waals surface area contributed by atoms with Crippen molar-refractivity contribution in [1.82, 2.24) is 0 Å². The monoisotopic (exact) mass is 484 g/mol. The highest BCUT2D eigenvalue weighted by molar-refractivity contribution is 5.78. The minimum atomic E-state index is -7.25. The van der Waals surface area contributed by atoms with E-state index in [2.05, 4.69) is 9.47 Å². The van der Waals surface area contributed by atoms with Gasteiger partial charge in [-0.05, 0) is 25.7 Å². The largest absolute Gasteiger partial charge is 0.462 e. The standard InChI is InChI=1S/C16H19F11O4/c1-9(29-8-10-5-3-2-4-6-10)7-30-11(28)12(17,14(20,21)22)31-16(26,27)13(18,19)15(23,24)25/h9-10H,2-8H2,1H3. The number of esters is 1. The summed E-state index contributed by atoms with van der Waals surface area (Å²) < 4.78 is 152. The second kappa shape index (κ2) is 9.63. The Kier molecular flexibility index (Phi) is 8.59. The van der Waals surface area contributed by atoms with Crippen molar-refractivity contribution in [2.24, 2.45) is 5.92 Å². The first-order chi connectivity index (χ1) is 13.8. The van der Waals surface area contributed by atoms with Crippen molar-refractivity contribution >= 4 is 5.97 Å². The number of hydrogen-bond acceptors (Lipinski definition) is 4. The molecule has 1 fully saturated rings. The van der Waals surface area contributed by atoms with Crippen LogP contribution in [0.15, 0.2) is 0 Å². The normalized spacial score (nSPS) is 20.3. The Bertz CT molecular complexity index is 599. The van der Waals surface area contributed by atoms with Gasteiger partial charge >= 0.3 is 36.2 Å². The van der Waals surface area contributed by atoms with Crippen molar-refractivity contribution in [1.29, 1.82) is 0 Å². The van der Waals surface area contributed by atoms with E-state index in [9.17, 15) is 53.1 Å². The molecule has 1 aliphatic carbocycles. The van der Waals surface area contributed by atoms with Crippen molar-refractivity contribution in [3.63, 3.8) is 0 Å². The van der Waals surface area contributed by atoms with Crippen LogP contribution in [0.4, 0.5) is 48.3 Å². The summed E-state index contributed by atoms with van der Waals surface area (Å²) >= 11 is 0. The minimum absolute atomic E-state index is 0.102. The lowest BCUT2D eigenvalue weighted by molar-refractivity contribution is -0.475. The fraction of sp³-hybridized carbons (Fsp3) is 0.938. The molecule has 31 heavy (non-hydrogen) atoms. The van der Waals surface area contributed by atoms with Gasteiger partial charge in [-0.15, -0.1) is 0 Å². The summed E-state index contributed by atoms with van der Waals surface area (Å²) in [6.07, 6.45) is -17.7. The maximum absolute atomic E-state index is 14.0. The lowest BCUT2D eigenvalue weighted by Gasteiger charge is -2.33. The van der Waals surface area contributed by atoms with Gasteiger partial charge in [0, 0.05) is 6.61 Å². The highest BCUT2D eigenvalue weighted by atomic mass is 19.4. The SMILES string of the molecule is CC(COC(=O)C(F)(OC(F)(F)C(F)(F)C(F)(F)F)C(F)(F)F)OCC1CCCCC1. The second-order valence-corrected chi connectivity index (χ2v) is 7.03. The van der Waals surface area contributed by atoms with Crippen LogP contribution in [0.5, 0.6) is 0 Å². The van der Waals surface area contributed by atoms with E-state index in [1.165, 1.54) is 0 Å². The first-order valence-electron chi connectivity index (χ1n) is 8.92. The molecule has 0 radical (unpaired) electrons. The minimum Gasteiger partial charge on any atom is -0.458 e. The molecule has 0 bridgehead atoms. The summed E-state index contributed by atoms with van der Waals surface area (Å²) in [5.74, 6) is -16.7. The van der Waals surface area contributed by atoms with Gasteiger partial charge < -0.3 is 9.47 Å². The third-order valence-electron chi connectivity index (χ3n) is 4.41. The molecule has 0 aromatic heterocycles. The van der Waals surface area contributed by atoms with E-state index in [4.69, 9.17) is 4.74 Å². The molecule has 1 aliphatic rings. The van der Waals surface area contributed by atoms with Gasteiger partial charge in [-0.1, -0.05) is 19.3 Å². The zero-order chi connectivity index (χ0) is 24.3. The van der Waals surface area contributed by atoms with Crippen LogP contribution in [0, 0.1) is 5.92 Å². The third-order valence-corrected chi connectivity index (χ3v) is 4.41. The van der Waals surface area contributed by atoms with Gasteiger partial charge in [0.05, 0.1) is 6.10 Å². The summed E-state index contributed by atoms with van der Waals surface area (Å²) in [6, 6.07) is 0. The molecule has 4 nitrogen and oxygen atoms in total. The summed E-state index contributed by atoms with van der Waals surface area (Å²) in [7, 11) is 0.